The Bertz CT molecular complexity index is 640. The molecule has 0 amide bonds. The van der Waals surface area contributed by atoms with E-state index in [9.17, 15) is 13.2 Å². The van der Waals surface area contributed by atoms with Crippen molar-refractivity contribution in [2.75, 3.05) is 13.2 Å². The average Bonchev–Trinajstić information content (AvgIpc) is 2.43. The van der Waals surface area contributed by atoms with E-state index in [-0.39, 0.29) is 17.3 Å². The highest BCUT2D eigenvalue weighted by atomic mass is 32.2. The topological polar surface area (TPSA) is 102 Å². The van der Waals surface area contributed by atoms with Crippen molar-refractivity contribution in [2.45, 2.75) is 24.8 Å². The maximum atomic E-state index is 12.4. The molecule has 1 aliphatic heterocycles. The first-order chi connectivity index (χ1) is 9.83. The van der Waals surface area contributed by atoms with E-state index in [0.717, 1.165) is 0 Å². The Balaban J connectivity index is 2.38. The van der Waals surface area contributed by atoms with Gasteiger partial charge in [-0.15, -0.1) is 0 Å². The zero-order chi connectivity index (χ0) is 15.6. The second-order valence-electron chi connectivity index (χ2n) is 4.96. The van der Waals surface area contributed by atoms with Crippen LogP contribution in [0.4, 0.5) is 0 Å². The summed E-state index contributed by atoms with van der Waals surface area (Å²) in [4.78, 5) is 11.0. The number of hydrogen-bond acceptors (Lipinski definition) is 5. The van der Waals surface area contributed by atoms with Gasteiger partial charge in [-0.3, -0.25) is 4.79 Å². The Morgan fingerprint density at radius 1 is 1.29 bits per heavy atom. The Kier molecular flexibility index (Phi) is 4.38. The highest BCUT2D eigenvalue weighted by molar-refractivity contribution is 7.89. The molecule has 0 aliphatic carbocycles. The van der Waals surface area contributed by atoms with E-state index in [2.05, 4.69) is 4.72 Å². The highest BCUT2D eigenvalue weighted by Gasteiger charge is 2.31. The molecule has 1 heterocycles. The fourth-order valence-electron chi connectivity index (χ4n) is 1.96. The Labute approximate surface area is 122 Å². The fourth-order valence-corrected chi connectivity index (χ4v) is 3.46. The molecule has 0 spiro atoms. The smallest absolute Gasteiger partial charge is 0.322 e. The summed E-state index contributed by atoms with van der Waals surface area (Å²) in [6, 6.07) is 3.27. The second kappa shape index (κ2) is 5.90. The SMILES string of the molecule is CC(C)[C@@H](NS(=O)(=O)c1cccc2c1OCCO2)C(=O)O. The maximum Gasteiger partial charge on any atom is 0.322 e. The predicted octanol–water partition coefficient (Wildman–Crippen LogP) is 0.845. The minimum absolute atomic E-state index is 0.115. The first kappa shape index (κ1) is 15.6. The van der Waals surface area contributed by atoms with E-state index in [4.69, 9.17) is 14.6 Å². The number of para-hydroxylation sites is 1. The minimum Gasteiger partial charge on any atom is -0.486 e. The van der Waals surface area contributed by atoms with Crippen LogP contribution in [0, 0.1) is 5.92 Å². The van der Waals surface area contributed by atoms with Gasteiger partial charge in [0.25, 0.3) is 0 Å². The van der Waals surface area contributed by atoms with Crippen LogP contribution in [-0.4, -0.2) is 38.7 Å². The number of fused-ring (bicyclic) bond motifs is 1. The number of carbonyl (C=O) groups is 1. The zero-order valence-electron chi connectivity index (χ0n) is 11.7. The van der Waals surface area contributed by atoms with Gasteiger partial charge in [0, 0.05) is 0 Å². The number of hydrogen-bond donors (Lipinski definition) is 2. The number of benzene rings is 1. The summed E-state index contributed by atoms with van der Waals surface area (Å²) in [7, 11) is -4.03. The Hall–Kier alpha value is -1.80. The molecule has 2 N–H and O–H groups in total. The van der Waals surface area contributed by atoms with Crippen LogP contribution in [0.5, 0.6) is 11.5 Å². The number of rotatable bonds is 5. The molecule has 1 atom stereocenters. The van der Waals surface area contributed by atoms with Crippen LogP contribution in [0.25, 0.3) is 0 Å². The van der Waals surface area contributed by atoms with Crippen molar-refractivity contribution in [1.82, 2.24) is 4.72 Å². The Morgan fingerprint density at radius 3 is 2.57 bits per heavy atom. The van der Waals surface area contributed by atoms with Crippen LogP contribution in [0.15, 0.2) is 23.1 Å². The van der Waals surface area contributed by atoms with Crippen molar-refractivity contribution in [3.8, 4) is 11.5 Å². The molecule has 0 saturated carbocycles. The first-order valence-corrected chi connectivity index (χ1v) is 7.95. The summed E-state index contributed by atoms with van der Waals surface area (Å²) >= 11 is 0. The van der Waals surface area contributed by atoms with Crippen molar-refractivity contribution in [3.05, 3.63) is 18.2 Å². The third-order valence-electron chi connectivity index (χ3n) is 3.03. The van der Waals surface area contributed by atoms with Gasteiger partial charge < -0.3 is 14.6 Å². The zero-order valence-corrected chi connectivity index (χ0v) is 12.5. The summed E-state index contributed by atoms with van der Waals surface area (Å²) in [5, 5.41) is 9.11. The lowest BCUT2D eigenvalue weighted by molar-refractivity contribution is -0.140. The molecule has 0 bridgehead atoms. The van der Waals surface area contributed by atoms with Crippen LogP contribution in [0.1, 0.15) is 13.8 Å². The van der Waals surface area contributed by atoms with Gasteiger partial charge in [-0.2, -0.15) is 4.72 Å². The molecule has 1 aromatic carbocycles. The van der Waals surface area contributed by atoms with Gasteiger partial charge in [-0.1, -0.05) is 19.9 Å². The summed E-state index contributed by atoms with van der Waals surface area (Å²) in [6.45, 7) is 3.84. The van der Waals surface area contributed by atoms with Gasteiger partial charge in [-0.25, -0.2) is 8.42 Å². The molecule has 21 heavy (non-hydrogen) atoms. The van der Waals surface area contributed by atoms with Gasteiger partial charge in [0.05, 0.1) is 0 Å². The summed E-state index contributed by atoms with van der Waals surface area (Å²) < 4.78 is 37.7. The van der Waals surface area contributed by atoms with Crippen LogP contribution in [-0.2, 0) is 14.8 Å². The first-order valence-electron chi connectivity index (χ1n) is 6.46. The summed E-state index contributed by atoms with van der Waals surface area (Å²) in [5.74, 6) is -1.17. The van der Waals surface area contributed by atoms with Gasteiger partial charge in [0.2, 0.25) is 10.0 Å². The molecular weight excluding hydrogens is 298 g/mol. The quantitative estimate of drug-likeness (QED) is 0.835. The largest absolute Gasteiger partial charge is 0.486 e. The van der Waals surface area contributed by atoms with Crippen LogP contribution in [0.2, 0.25) is 0 Å². The standard InChI is InChI=1S/C13H17NO6S/c1-8(2)11(13(15)16)14-21(17,18)10-5-3-4-9-12(10)20-7-6-19-9/h3-5,8,11,14H,6-7H2,1-2H3,(H,15,16)/t11-/m1/s1. The number of ether oxygens (including phenoxy) is 2. The monoisotopic (exact) mass is 315 g/mol. The van der Waals surface area contributed by atoms with E-state index >= 15 is 0 Å². The molecule has 7 nitrogen and oxygen atoms in total. The van der Waals surface area contributed by atoms with Crippen molar-refractivity contribution >= 4 is 16.0 Å². The number of aliphatic carboxylic acids is 1. The second-order valence-corrected chi connectivity index (χ2v) is 6.64. The molecule has 1 aromatic rings. The van der Waals surface area contributed by atoms with Crippen molar-refractivity contribution in [2.24, 2.45) is 5.92 Å². The van der Waals surface area contributed by atoms with Gasteiger partial charge in [0.15, 0.2) is 11.5 Å². The van der Waals surface area contributed by atoms with Gasteiger partial charge >= 0.3 is 5.97 Å². The Morgan fingerprint density at radius 2 is 1.95 bits per heavy atom. The summed E-state index contributed by atoms with van der Waals surface area (Å²) in [5.41, 5.74) is 0. The molecule has 0 radical (unpaired) electrons. The van der Waals surface area contributed by atoms with Crippen LogP contribution >= 0.6 is 0 Å². The van der Waals surface area contributed by atoms with Crippen LogP contribution in [0.3, 0.4) is 0 Å². The number of sulfonamides is 1. The molecular formula is C13H17NO6S. The van der Waals surface area contributed by atoms with Gasteiger partial charge in [0.1, 0.15) is 24.2 Å². The van der Waals surface area contributed by atoms with E-state index in [1.165, 1.54) is 12.1 Å². The van der Waals surface area contributed by atoms with E-state index in [0.29, 0.717) is 12.4 Å². The molecule has 2 rings (SSSR count). The molecule has 0 saturated heterocycles. The molecule has 116 valence electrons. The molecule has 0 fully saturated rings. The number of carboxylic acid groups (broad SMARTS) is 1. The van der Waals surface area contributed by atoms with E-state index < -0.39 is 28.0 Å². The molecule has 8 heteroatoms. The lowest BCUT2D eigenvalue weighted by Gasteiger charge is -2.22. The number of carboxylic acids is 1. The molecule has 0 aromatic heterocycles. The third kappa shape index (κ3) is 3.27. The fraction of sp³-hybridized carbons (Fsp3) is 0.462. The van der Waals surface area contributed by atoms with Gasteiger partial charge in [-0.05, 0) is 18.1 Å². The average molecular weight is 315 g/mol. The minimum atomic E-state index is -4.03. The third-order valence-corrected chi connectivity index (χ3v) is 4.50. The maximum absolute atomic E-state index is 12.4. The summed E-state index contributed by atoms with van der Waals surface area (Å²) in [6.07, 6.45) is 0. The number of nitrogens with one attached hydrogen (secondary N) is 1. The molecule has 0 unspecified atom stereocenters. The highest BCUT2D eigenvalue weighted by Crippen LogP contribution is 2.36. The van der Waals surface area contributed by atoms with Crippen molar-refractivity contribution in [3.63, 3.8) is 0 Å². The normalized spacial score (nSPS) is 15.8. The van der Waals surface area contributed by atoms with E-state index in [1.807, 2.05) is 0 Å². The lowest BCUT2D eigenvalue weighted by atomic mass is 10.1. The van der Waals surface area contributed by atoms with E-state index in [1.54, 1.807) is 19.9 Å². The molecule has 1 aliphatic rings. The van der Waals surface area contributed by atoms with Crippen molar-refractivity contribution < 1.29 is 27.8 Å². The van der Waals surface area contributed by atoms with Crippen LogP contribution < -0.4 is 14.2 Å². The van der Waals surface area contributed by atoms with Crippen molar-refractivity contribution in [1.29, 1.82) is 0 Å². The lowest BCUT2D eigenvalue weighted by Crippen LogP contribution is -2.44. The predicted molar refractivity (Wildman–Crippen MR) is 74.0 cm³/mol.